The molecule has 1 unspecified atom stereocenters. The van der Waals surface area contributed by atoms with Gasteiger partial charge in [0, 0.05) is 28.0 Å². The van der Waals surface area contributed by atoms with Crippen LogP contribution in [0.2, 0.25) is 5.02 Å². The van der Waals surface area contributed by atoms with Crippen LogP contribution in [0.3, 0.4) is 0 Å². The molecular formula is C25H15ClN2O2S. The quantitative estimate of drug-likeness (QED) is 0.420. The maximum atomic E-state index is 14.0. The molecule has 0 radical (unpaired) electrons. The molecule has 2 aromatic carbocycles. The molecule has 2 aliphatic rings. The fourth-order valence-electron chi connectivity index (χ4n) is 4.75. The molecule has 1 atom stereocenters. The number of halogens is 1. The lowest BCUT2D eigenvalue weighted by molar-refractivity contribution is -0.120. The van der Waals surface area contributed by atoms with Crippen LogP contribution in [0.25, 0.3) is 5.57 Å². The highest BCUT2D eigenvalue weighted by molar-refractivity contribution is 7.12. The van der Waals surface area contributed by atoms with Crippen LogP contribution in [-0.4, -0.2) is 16.3 Å². The van der Waals surface area contributed by atoms with Crippen molar-refractivity contribution in [2.24, 2.45) is 0 Å². The highest BCUT2D eigenvalue weighted by atomic mass is 35.5. The molecule has 1 spiro atoms. The predicted molar refractivity (Wildman–Crippen MR) is 123 cm³/mol. The van der Waals surface area contributed by atoms with Gasteiger partial charge in [0.05, 0.1) is 16.1 Å². The molecule has 0 aliphatic carbocycles. The third-order valence-corrected chi connectivity index (χ3v) is 7.10. The van der Waals surface area contributed by atoms with Crippen LogP contribution in [0, 0.1) is 0 Å². The molecule has 31 heavy (non-hydrogen) atoms. The van der Waals surface area contributed by atoms with Gasteiger partial charge in [-0.15, -0.1) is 11.3 Å². The summed E-state index contributed by atoms with van der Waals surface area (Å²) >= 11 is 7.52. The Morgan fingerprint density at radius 2 is 1.77 bits per heavy atom. The van der Waals surface area contributed by atoms with E-state index >= 15 is 0 Å². The molecule has 0 saturated heterocycles. The van der Waals surface area contributed by atoms with Crippen molar-refractivity contribution >= 4 is 45.9 Å². The maximum Gasteiger partial charge on any atom is 0.260 e. The van der Waals surface area contributed by atoms with Gasteiger partial charge in [-0.05, 0) is 47.3 Å². The summed E-state index contributed by atoms with van der Waals surface area (Å²) in [6.07, 6.45) is 1.88. The number of para-hydroxylation sites is 1. The monoisotopic (exact) mass is 442 g/mol. The van der Waals surface area contributed by atoms with Gasteiger partial charge >= 0.3 is 0 Å². The first kappa shape index (κ1) is 18.4. The lowest BCUT2D eigenvalue weighted by Crippen LogP contribution is -2.43. The van der Waals surface area contributed by atoms with Crippen LogP contribution in [0.4, 0.5) is 5.69 Å². The molecule has 0 saturated carbocycles. The normalized spacial score (nSPS) is 18.9. The van der Waals surface area contributed by atoms with Crippen LogP contribution in [0.5, 0.6) is 0 Å². The van der Waals surface area contributed by atoms with Crippen molar-refractivity contribution in [1.82, 2.24) is 4.57 Å². The minimum atomic E-state index is -1.26. The SMILES string of the molecule is O=C(C1=C(c2ccc(Cl)cc2)c2cccn2C12C(=O)Nc1ccccc12)c1cccs1. The van der Waals surface area contributed by atoms with Crippen molar-refractivity contribution in [3.05, 3.63) is 117 Å². The summed E-state index contributed by atoms with van der Waals surface area (Å²) in [5.74, 6) is -0.370. The first-order chi connectivity index (χ1) is 15.1. The third kappa shape index (κ3) is 2.36. The Morgan fingerprint density at radius 1 is 0.968 bits per heavy atom. The minimum Gasteiger partial charge on any atom is -0.325 e. The van der Waals surface area contributed by atoms with Crippen LogP contribution < -0.4 is 5.32 Å². The van der Waals surface area contributed by atoms with Gasteiger partial charge in [-0.25, -0.2) is 0 Å². The average molecular weight is 443 g/mol. The Balaban J connectivity index is 1.75. The summed E-state index contributed by atoms with van der Waals surface area (Å²) in [6.45, 7) is 0. The van der Waals surface area contributed by atoms with Crippen molar-refractivity contribution in [2.45, 2.75) is 5.54 Å². The number of benzene rings is 2. The molecule has 6 rings (SSSR count). The second-order valence-corrected chi connectivity index (χ2v) is 8.92. The van der Waals surface area contributed by atoms with Crippen LogP contribution in [-0.2, 0) is 10.3 Å². The van der Waals surface area contributed by atoms with E-state index in [0.717, 1.165) is 28.1 Å². The number of carbonyl (C=O) groups excluding carboxylic acids is 2. The molecule has 2 aliphatic heterocycles. The number of aromatic nitrogens is 1. The number of amides is 1. The predicted octanol–water partition coefficient (Wildman–Crippen LogP) is 5.60. The fourth-order valence-corrected chi connectivity index (χ4v) is 5.55. The van der Waals surface area contributed by atoms with Gasteiger partial charge < -0.3 is 9.88 Å². The Labute approximate surface area is 187 Å². The maximum absolute atomic E-state index is 14.0. The van der Waals surface area contributed by atoms with E-state index < -0.39 is 5.54 Å². The van der Waals surface area contributed by atoms with Crippen LogP contribution in [0.1, 0.15) is 26.5 Å². The molecule has 1 N–H and O–H groups in total. The summed E-state index contributed by atoms with van der Waals surface area (Å²) in [4.78, 5) is 28.3. The van der Waals surface area contributed by atoms with Crippen LogP contribution in [0.15, 0.2) is 89.9 Å². The Morgan fingerprint density at radius 3 is 2.55 bits per heavy atom. The number of nitrogens with one attached hydrogen (secondary N) is 1. The average Bonchev–Trinajstić information content (AvgIpc) is 3.54. The topological polar surface area (TPSA) is 51.1 Å². The van der Waals surface area contributed by atoms with E-state index in [1.165, 1.54) is 11.3 Å². The number of hydrogen-bond acceptors (Lipinski definition) is 3. The minimum absolute atomic E-state index is 0.143. The fraction of sp³-hybridized carbons (Fsp3) is 0.0400. The molecule has 0 bridgehead atoms. The zero-order chi connectivity index (χ0) is 21.2. The summed E-state index contributed by atoms with van der Waals surface area (Å²) in [6, 6.07) is 22.5. The first-order valence-electron chi connectivity index (χ1n) is 9.80. The zero-order valence-corrected chi connectivity index (χ0v) is 17.7. The van der Waals surface area contributed by atoms with Gasteiger partial charge in [0.15, 0.2) is 5.54 Å². The highest BCUT2D eigenvalue weighted by Crippen LogP contribution is 2.54. The molecule has 4 heterocycles. The lowest BCUT2D eigenvalue weighted by atomic mass is 9.79. The van der Waals surface area contributed by atoms with E-state index in [-0.39, 0.29) is 11.7 Å². The molecule has 1 amide bonds. The number of rotatable bonds is 3. The molecule has 150 valence electrons. The van der Waals surface area contributed by atoms with Gasteiger partial charge in [0.25, 0.3) is 5.91 Å². The highest BCUT2D eigenvalue weighted by Gasteiger charge is 2.58. The van der Waals surface area contributed by atoms with Crippen molar-refractivity contribution in [3.63, 3.8) is 0 Å². The summed E-state index contributed by atoms with van der Waals surface area (Å²) < 4.78 is 1.93. The van der Waals surface area contributed by atoms with Gasteiger partial charge in [-0.1, -0.05) is 48.0 Å². The number of ketones is 1. The lowest BCUT2D eigenvalue weighted by Gasteiger charge is -2.28. The number of Topliss-reactive ketones (excluding diaryl/α,β-unsaturated/α-hetero) is 1. The van der Waals surface area contributed by atoms with Gasteiger partial charge in [0.1, 0.15) is 0 Å². The Kier molecular flexibility index (Phi) is 3.88. The Bertz CT molecular complexity index is 1400. The van der Waals surface area contributed by atoms with E-state index in [4.69, 9.17) is 11.6 Å². The molecule has 2 aromatic heterocycles. The number of thiophene rings is 1. The Hall–Kier alpha value is -3.41. The largest absolute Gasteiger partial charge is 0.325 e. The van der Waals surface area contributed by atoms with Crippen molar-refractivity contribution < 1.29 is 9.59 Å². The van der Waals surface area contributed by atoms with E-state index in [0.29, 0.717) is 15.5 Å². The summed E-state index contributed by atoms with van der Waals surface area (Å²) in [5, 5.41) is 5.50. The number of anilines is 1. The van der Waals surface area contributed by atoms with E-state index in [2.05, 4.69) is 5.32 Å². The van der Waals surface area contributed by atoms with Gasteiger partial charge in [-0.2, -0.15) is 0 Å². The summed E-state index contributed by atoms with van der Waals surface area (Å²) in [7, 11) is 0. The number of hydrogen-bond donors (Lipinski definition) is 1. The molecule has 4 nitrogen and oxygen atoms in total. The van der Waals surface area contributed by atoms with E-state index in [9.17, 15) is 9.59 Å². The van der Waals surface area contributed by atoms with E-state index in [1.807, 2.05) is 70.7 Å². The first-order valence-corrected chi connectivity index (χ1v) is 11.1. The van der Waals surface area contributed by atoms with Crippen molar-refractivity contribution in [3.8, 4) is 0 Å². The third-order valence-electron chi connectivity index (χ3n) is 5.98. The molecule has 4 aromatic rings. The van der Waals surface area contributed by atoms with Gasteiger partial charge in [0.2, 0.25) is 5.78 Å². The molecular weight excluding hydrogens is 428 g/mol. The van der Waals surface area contributed by atoms with Gasteiger partial charge in [-0.3, -0.25) is 9.59 Å². The molecule has 6 heteroatoms. The zero-order valence-electron chi connectivity index (χ0n) is 16.1. The summed E-state index contributed by atoms with van der Waals surface area (Å²) in [5.41, 5.74) is 3.14. The smallest absolute Gasteiger partial charge is 0.260 e. The van der Waals surface area contributed by atoms with E-state index in [1.54, 1.807) is 18.2 Å². The number of fused-ring (bicyclic) bond motifs is 4. The molecule has 0 fully saturated rings. The number of carbonyl (C=O) groups is 2. The standard InChI is InChI=1S/C25H15ClN2O2S/c26-16-11-9-15(10-12-16)21-19-7-3-13-28(19)25(22(21)23(29)20-8-4-14-31-20)17-5-1-2-6-18(17)27-24(25)30/h1-14H,(H,27,30). The van der Waals surface area contributed by atoms with Crippen molar-refractivity contribution in [1.29, 1.82) is 0 Å². The second kappa shape index (κ2) is 6.54. The number of nitrogens with zero attached hydrogens (tertiary/aromatic N) is 1. The van der Waals surface area contributed by atoms with Crippen molar-refractivity contribution in [2.75, 3.05) is 5.32 Å². The second-order valence-electron chi connectivity index (χ2n) is 7.54. The van der Waals surface area contributed by atoms with Crippen LogP contribution >= 0.6 is 22.9 Å².